The van der Waals surface area contributed by atoms with E-state index in [1.807, 2.05) is 4.90 Å². The maximum absolute atomic E-state index is 12.9. The van der Waals surface area contributed by atoms with Gasteiger partial charge in [0.05, 0.1) is 0 Å². The highest BCUT2D eigenvalue weighted by atomic mass is 16.2. The molecule has 0 aromatic carbocycles. The van der Waals surface area contributed by atoms with Crippen molar-refractivity contribution in [2.45, 2.75) is 76.3 Å². The van der Waals surface area contributed by atoms with E-state index in [0.29, 0.717) is 19.0 Å². The first-order chi connectivity index (χ1) is 13.7. The number of carbonyl (C=O) groups excluding carboxylic acids is 1. The summed E-state index contributed by atoms with van der Waals surface area (Å²) in [5.74, 6) is 3.30. The summed E-state index contributed by atoms with van der Waals surface area (Å²) in [6, 6.07) is 0. The molecule has 4 heterocycles. The highest BCUT2D eigenvalue weighted by molar-refractivity contribution is 5.76. The number of carbonyl (C=O) groups is 1. The monoisotopic (exact) mass is 385 g/mol. The van der Waals surface area contributed by atoms with Crippen molar-refractivity contribution in [3.05, 3.63) is 28.0 Å². The first-order valence-corrected chi connectivity index (χ1v) is 10.6. The van der Waals surface area contributed by atoms with Gasteiger partial charge in [-0.1, -0.05) is 6.42 Å². The van der Waals surface area contributed by atoms with E-state index in [9.17, 15) is 9.59 Å². The smallest absolute Gasteiger partial charge is 0.340 e. The first-order valence-electron chi connectivity index (χ1n) is 10.6. The number of rotatable bonds is 4. The quantitative estimate of drug-likeness (QED) is 0.851. The number of fused-ring (bicyclic) bond motifs is 1. The maximum atomic E-state index is 12.9. The van der Waals surface area contributed by atoms with Crippen LogP contribution in [0.3, 0.4) is 0 Å². The number of piperidine rings is 1. The van der Waals surface area contributed by atoms with Crippen molar-refractivity contribution in [1.29, 1.82) is 0 Å². The fourth-order valence-corrected chi connectivity index (χ4v) is 4.38. The highest BCUT2D eigenvalue weighted by Crippen LogP contribution is 2.38. The molecule has 2 aliphatic heterocycles. The summed E-state index contributed by atoms with van der Waals surface area (Å²) in [7, 11) is 0. The Hall–Kier alpha value is -2.45. The fourth-order valence-electron chi connectivity index (χ4n) is 4.38. The van der Waals surface area contributed by atoms with Gasteiger partial charge in [0.25, 0.3) is 0 Å². The van der Waals surface area contributed by atoms with Gasteiger partial charge in [-0.15, -0.1) is 0 Å². The molecule has 1 atom stereocenters. The van der Waals surface area contributed by atoms with Crippen LogP contribution in [0.4, 0.5) is 0 Å². The second-order valence-corrected chi connectivity index (χ2v) is 8.35. The van der Waals surface area contributed by atoms with E-state index < -0.39 is 0 Å². The topological polar surface area (TPSA) is 102 Å². The van der Waals surface area contributed by atoms with Gasteiger partial charge in [0.15, 0.2) is 5.82 Å². The second-order valence-electron chi connectivity index (χ2n) is 8.35. The van der Waals surface area contributed by atoms with Crippen molar-refractivity contribution in [3.8, 4) is 0 Å². The summed E-state index contributed by atoms with van der Waals surface area (Å²) in [5.41, 5.74) is -0.151. The molecule has 0 bridgehead atoms. The number of hydrogen-bond donors (Lipinski definition) is 1. The Morgan fingerprint density at radius 1 is 1.07 bits per heavy atom. The van der Waals surface area contributed by atoms with E-state index in [0.717, 1.165) is 62.5 Å². The van der Waals surface area contributed by atoms with Gasteiger partial charge in [0, 0.05) is 37.9 Å². The molecule has 2 fully saturated rings. The van der Waals surface area contributed by atoms with Gasteiger partial charge < -0.3 is 4.90 Å². The van der Waals surface area contributed by atoms with Crippen molar-refractivity contribution in [3.63, 3.8) is 0 Å². The maximum Gasteiger partial charge on any atom is 0.346 e. The van der Waals surface area contributed by atoms with E-state index in [2.05, 4.69) is 20.3 Å². The van der Waals surface area contributed by atoms with E-state index in [1.54, 1.807) is 4.57 Å². The van der Waals surface area contributed by atoms with Gasteiger partial charge in [0.1, 0.15) is 18.2 Å². The van der Waals surface area contributed by atoms with Gasteiger partial charge in [-0.3, -0.25) is 14.5 Å². The minimum atomic E-state index is -0.151. The molecule has 1 saturated carbocycles. The largest absolute Gasteiger partial charge is 0.346 e. The normalized spacial score (nSPS) is 22.7. The first kappa shape index (κ1) is 17.6. The summed E-state index contributed by atoms with van der Waals surface area (Å²) in [4.78, 5) is 32.0. The molecule has 1 amide bonds. The molecule has 5 rings (SSSR count). The molecular weight excluding hydrogens is 358 g/mol. The van der Waals surface area contributed by atoms with Crippen molar-refractivity contribution < 1.29 is 4.79 Å². The minimum Gasteiger partial charge on any atom is -0.340 e. The van der Waals surface area contributed by atoms with Gasteiger partial charge in [0.2, 0.25) is 5.91 Å². The summed E-state index contributed by atoms with van der Waals surface area (Å²) in [5, 5.41) is 11.9. The zero-order valence-electron chi connectivity index (χ0n) is 16.1. The Bertz CT molecular complexity index is 923. The zero-order valence-corrected chi connectivity index (χ0v) is 16.1. The lowest BCUT2D eigenvalue weighted by Crippen LogP contribution is -2.42. The predicted molar refractivity (Wildman–Crippen MR) is 101 cm³/mol. The number of H-pyrrole nitrogens is 1. The molecule has 150 valence electrons. The third-order valence-corrected chi connectivity index (χ3v) is 6.19. The van der Waals surface area contributed by atoms with Gasteiger partial charge in [-0.25, -0.2) is 14.5 Å². The molecule has 9 nitrogen and oxygen atoms in total. The van der Waals surface area contributed by atoms with Gasteiger partial charge >= 0.3 is 5.69 Å². The van der Waals surface area contributed by atoms with Gasteiger partial charge in [-0.2, -0.15) is 10.2 Å². The number of aryl methyl sites for hydroxylation is 1. The molecule has 2 aromatic heterocycles. The van der Waals surface area contributed by atoms with Crippen LogP contribution in [0.5, 0.6) is 0 Å². The molecule has 3 aliphatic rings. The summed E-state index contributed by atoms with van der Waals surface area (Å²) in [6.45, 7) is 2.07. The molecule has 9 heteroatoms. The molecule has 1 saturated heterocycles. The molecule has 0 spiro atoms. The van der Waals surface area contributed by atoms with Crippen LogP contribution < -0.4 is 5.69 Å². The van der Waals surface area contributed by atoms with Crippen LogP contribution in [0.2, 0.25) is 0 Å². The van der Waals surface area contributed by atoms with Crippen molar-refractivity contribution in [1.82, 2.24) is 34.4 Å². The van der Waals surface area contributed by atoms with E-state index in [4.69, 9.17) is 0 Å². The minimum absolute atomic E-state index is 0.0207. The van der Waals surface area contributed by atoms with Crippen molar-refractivity contribution >= 4 is 5.91 Å². The molecule has 1 N–H and O–H groups in total. The number of nitrogens with one attached hydrogen (secondary N) is 1. The standard InChI is InChI=1S/C19H27N7O2/c27-16(12-26-19(28)25-10-3-1-2-6-15(25)23-26)24-9-4-5-14(11-24)18-20-17(21-22-18)13-7-8-13/h13-14H,1-12H2,(H,20,21,22). The summed E-state index contributed by atoms with van der Waals surface area (Å²) >= 11 is 0. The summed E-state index contributed by atoms with van der Waals surface area (Å²) in [6.07, 6.45) is 8.29. The van der Waals surface area contributed by atoms with E-state index in [1.165, 1.54) is 17.5 Å². The Labute approximate surface area is 163 Å². The molecule has 28 heavy (non-hydrogen) atoms. The zero-order chi connectivity index (χ0) is 19.1. The van der Waals surface area contributed by atoms with E-state index in [-0.39, 0.29) is 24.1 Å². The molecular formula is C19H27N7O2. The third kappa shape index (κ3) is 3.38. The number of likely N-dealkylation sites (tertiary alicyclic amines) is 1. The lowest BCUT2D eigenvalue weighted by Gasteiger charge is -2.31. The lowest BCUT2D eigenvalue weighted by atomic mass is 9.97. The molecule has 0 radical (unpaired) electrons. The van der Waals surface area contributed by atoms with Crippen LogP contribution in [0.1, 0.15) is 74.3 Å². The molecule has 2 aromatic rings. The number of aromatic amines is 1. The van der Waals surface area contributed by atoms with Crippen molar-refractivity contribution in [2.75, 3.05) is 13.1 Å². The fraction of sp³-hybridized carbons (Fsp3) is 0.737. The number of nitrogens with zero attached hydrogens (tertiary/aromatic N) is 6. The van der Waals surface area contributed by atoms with Crippen LogP contribution in [0.25, 0.3) is 0 Å². The Kier molecular flexibility index (Phi) is 4.52. The highest BCUT2D eigenvalue weighted by Gasteiger charge is 2.31. The van der Waals surface area contributed by atoms with Crippen LogP contribution >= 0.6 is 0 Å². The van der Waals surface area contributed by atoms with Crippen molar-refractivity contribution in [2.24, 2.45) is 0 Å². The number of aromatic nitrogens is 6. The average Bonchev–Trinajstić information content (AvgIpc) is 3.43. The van der Waals surface area contributed by atoms with E-state index >= 15 is 0 Å². The lowest BCUT2D eigenvalue weighted by molar-refractivity contribution is -0.133. The number of amides is 1. The number of hydrogen-bond acceptors (Lipinski definition) is 5. The Morgan fingerprint density at radius 3 is 2.82 bits per heavy atom. The third-order valence-electron chi connectivity index (χ3n) is 6.19. The predicted octanol–water partition coefficient (Wildman–Crippen LogP) is 1.17. The molecule has 1 unspecified atom stereocenters. The Morgan fingerprint density at radius 2 is 1.96 bits per heavy atom. The SMILES string of the molecule is O=C(Cn1nc2n(c1=O)CCCCC2)N1CCCC(c2n[nH]c(C3CC3)n2)C1. The Balaban J connectivity index is 1.26. The van der Waals surface area contributed by atoms with Crippen LogP contribution in [-0.4, -0.2) is 53.4 Å². The van der Waals surface area contributed by atoms with Gasteiger partial charge in [-0.05, 0) is 38.5 Å². The average molecular weight is 385 g/mol. The molecule has 1 aliphatic carbocycles. The van der Waals surface area contributed by atoms with Crippen LogP contribution in [0, 0.1) is 0 Å². The summed E-state index contributed by atoms with van der Waals surface area (Å²) < 4.78 is 3.09. The second kappa shape index (κ2) is 7.18. The van der Waals surface area contributed by atoms with Crippen LogP contribution in [0.15, 0.2) is 4.79 Å². The van der Waals surface area contributed by atoms with Crippen LogP contribution in [-0.2, 0) is 24.3 Å².